The number of rotatable bonds is 5. The molecule has 0 unspecified atom stereocenters. The van der Waals surface area contributed by atoms with Crippen LogP contribution in [0.25, 0.3) is 0 Å². The maximum Gasteiger partial charge on any atom is 0.263 e. The van der Waals surface area contributed by atoms with E-state index >= 15 is 0 Å². The van der Waals surface area contributed by atoms with E-state index in [1.54, 1.807) is 0 Å². The van der Waals surface area contributed by atoms with Crippen molar-refractivity contribution in [2.45, 2.75) is 51.4 Å². The van der Waals surface area contributed by atoms with Gasteiger partial charge in [-0.15, -0.1) is 11.3 Å². The lowest BCUT2D eigenvalue weighted by atomic mass is 9.78. The molecular formula is C21H26N2O3S. The van der Waals surface area contributed by atoms with Gasteiger partial charge in [0.05, 0.1) is 10.7 Å². The molecule has 1 aromatic heterocycles. The maximum absolute atomic E-state index is 12.8. The van der Waals surface area contributed by atoms with Crippen molar-refractivity contribution in [3.63, 3.8) is 0 Å². The summed E-state index contributed by atoms with van der Waals surface area (Å²) in [7, 11) is 0. The Morgan fingerprint density at radius 1 is 1.22 bits per heavy atom. The van der Waals surface area contributed by atoms with Gasteiger partial charge >= 0.3 is 0 Å². The number of carbonyl (C=O) groups excluding carboxylic acids is 1. The zero-order valence-corrected chi connectivity index (χ0v) is 16.8. The van der Waals surface area contributed by atoms with Crippen LogP contribution in [0.5, 0.6) is 11.5 Å². The van der Waals surface area contributed by atoms with Crippen LogP contribution < -0.4 is 14.8 Å². The van der Waals surface area contributed by atoms with Crippen LogP contribution in [0.3, 0.4) is 0 Å². The number of carbonyl (C=O) groups is 1. The summed E-state index contributed by atoms with van der Waals surface area (Å²) >= 11 is 1.50. The number of hydrogen-bond donors (Lipinski definition) is 1. The Hall–Kier alpha value is -2.08. The number of hydrogen-bond acceptors (Lipinski definition) is 5. The lowest BCUT2D eigenvalue weighted by molar-refractivity contribution is 0.0946. The first-order valence-corrected chi connectivity index (χ1v) is 10.6. The Balaban J connectivity index is 1.54. The minimum Gasteiger partial charge on any atom is -0.486 e. The molecule has 0 atom stereocenters. The van der Waals surface area contributed by atoms with Gasteiger partial charge in [-0.25, -0.2) is 4.98 Å². The molecule has 1 amide bonds. The molecule has 27 heavy (non-hydrogen) atoms. The van der Waals surface area contributed by atoms with Crippen LogP contribution in [0, 0.1) is 6.92 Å². The molecule has 0 bridgehead atoms. The van der Waals surface area contributed by atoms with Crippen molar-refractivity contribution < 1.29 is 14.3 Å². The fourth-order valence-electron chi connectivity index (χ4n) is 4.14. The summed E-state index contributed by atoms with van der Waals surface area (Å²) in [6, 6.07) is 6.25. The molecule has 1 saturated carbocycles. The summed E-state index contributed by atoms with van der Waals surface area (Å²) in [6.45, 7) is 5.81. The van der Waals surface area contributed by atoms with Crippen LogP contribution in [0.4, 0.5) is 0 Å². The second-order valence-electron chi connectivity index (χ2n) is 7.40. The maximum atomic E-state index is 12.8. The van der Waals surface area contributed by atoms with Gasteiger partial charge in [-0.1, -0.05) is 25.8 Å². The van der Waals surface area contributed by atoms with Gasteiger partial charge in [0, 0.05) is 12.0 Å². The predicted octanol–water partition coefficient (Wildman–Crippen LogP) is 4.03. The van der Waals surface area contributed by atoms with Gasteiger partial charge in [0.25, 0.3) is 5.91 Å². The molecule has 1 aliphatic carbocycles. The third-order valence-electron chi connectivity index (χ3n) is 5.65. The van der Waals surface area contributed by atoms with E-state index < -0.39 is 0 Å². The molecule has 1 N–H and O–H groups in total. The highest BCUT2D eigenvalue weighted by Crippen LogP contribution is 2.44. The van der Waals surface area contributed by atoms with Crippen LogP contribution in [0.15, 0.2) is 18.2 Å². The molecule has 1 aromatic carbocycles. The molecule has 6 heteroatoms. The smallest absolute Gasteiger partial charge is 0.263 e. The molecule has 2 aromatic rings. The van der Waals surface area contributed by atoms with E-state index in [4.69, 9.17) is 9.47 Å². The standard InChI is InChI=1S/C21H26N2O3S/c1-3-18-23-14(2)19(27-18)20(24)22-13-21(8-4-5-9-21)15-6-7-16-17(12-15)26-11-10-25-16/h6-7,12H,3-5,8-11,13H2,1-2H3,(H,22,24). The highest BCUT2D eigenvalue weighted by Gasteiger charge is 2.37. The van der Waals surface area contributed by atoms with E-state index in [0.29, 0.717) is 19.8 Å². The largest absolute Gasteiger partial charge is 0.486 e. The minimum absolute atomic E-state index is 0.00600. The molecule has 144 valence electrons. The van der Waals surface area contributed by atoms with Crippen molar-refractivity contribution >= 4 is 17.2 Å². The first kappa shape index (κ1) is 18.3. The van der Waals surface area contributed by atoms with Crippen LogP contribution in [-0.2, 0) is 11.8 Å². The van der Waals surface area contributed by atoms with Gasteiger partial charge < -0.3 is 14.8 Å². The van der Waals surface area contributed by atoms with Crippen molar-refractivity contribution in [3.05, 3.63) is 39.3 Å². The van der Waals surface area contributed by atoms with Gasteiger partial charge in [0.1, 0.15) is 18.1 Å². The van der Waals surface area contributed by atoms with Gasteiger partial charge in [-0.2, -0.15) is 0 Å². The van der Waals surface area contributed by atoms with Crippen molar-refractivity contribution in [1.29, 1.82) is 0 Å². The fraction of sp³-hybridized carbons (Fsp3) is 0.524. The first-order valence-electron chi connectivity index (χ1n) is 9.76. The molecule has 0 spiro atoms. The van der Waals surface area contributed by atoms with E-state index in [9.17, 15) is 4.79 Å². The second kappa shape index (κ2) is 7.50. The number of nitrogens with one attached hydrogen (secondary N) is 1. The second-order valence-corrected chi connectivity index (χ2v) is 8.49. The number of fused-ring (bicyclic) bond motifs is 1. The number of benzene rings is 1. The summed E-state index contributed by atoms with van der Waals surface area (Å²) in [5.41, 5.74) is 2.03. The number of amides is 1. The number of aryl methyl sites for hydroxylation is 2. The van der Waals surface area contributed by atoms with E-state index in [-0.39, 0.29) is 11.3 Å². The zero-order chi connectivity index (χ0) is 18.9. The van der Waals surface area contributed by atoms with Gasteiger partial charge in [0.15, 0.2) is 11.5 Å². The third kappa shape index (κ3) is 3.55. The Kier molecular flexibility index (Phi) is 5.08. The van der Waals surface area contributed by atoms with E-state index in [0.717, 1.165) is 46.3 Å². The molecule has 0 saturated heterocycles. The Morgan fingerprint density at radius 2 is 1.96 bits per heavy atom. The number of aromatic nitrogens is 1. The van der Waals surface area contributed by atoms with Gasteiger partial charge in [-0.3, -0.25) is 4.79 Å². The number of nitrogens with zero attached hydrogens (tertiary/aromatic N) is 1. The Bertz CT molecular complexity index is 840. The summed E-state index contributed by atoms with van der Waals surface area (Å²) < 4.78 is 11.4. The average Bonchev–Trinajstić information content (AvgIpc) is 3.33. The SMILES string of the molecule is CCc1nc(C)c(C(=O)NCC2(c3ccc4c(c3)OCCO4)CCCC2)s1. The molecule has 1 fully saturated rings. The van der Waals surface area contributed by atoms with E-state index in [1.807, 2.05) is 13.0 Å². The van der Waals surface area contributed by atoms with E-state index in [2.05, 4.69) is 29.4 Å². The Morgan fingerprint density at radius 3 is 2.67 bits per heavy atom. The average molecular weight is 387 g/mol. The lowest BCUT2D eigenvalue weighted by Crippen LogP contribution is -2.39. The van der Waals surface area contributed by atoms with Crippen molar-refractivity contribution in [3.8, 4) is 11.5 Å². The molecule has 2 aliphatic rings. The molecule has 2 heterocycles. The molecule has 4 rings (SSSR count). The van der Waals surface area contributed by atoms with Crippen molar-refractivity contribution in [2.75, 3.05) is 19.8 Å². The lowest BCUT2D eigenvalue weighted by Gasteiger charge is -2.31. The fourth-order valence-corrected chi connectivity index (χ4v) is 5.06. The van der Waals surface area contributed by atoms with Crippen molar-refractivity contribution in [2.24, 2.45) is 0 Å². The van der Waals surface area contributed by atoms with Crippen LogP contribution in [0.2, 0.25) is 0 Å². The first-order chi connectivity index (χ1) is 13.1. The summed E-state index contributed by atoms with van der Waals surface area (Å²) in [5.74, 6) is 1.63. The third-order valence-corrected chi connectivity index (χ3v) is 6.95. The topological polar surface area (TPSA) is 60.5 Å². The van der Waals surface area contributed by atoms with Crippen LogP contribution >= 0.6 is 11.3 Å². The molecule has 5 nitrogen and oxygen atoms in total. The Labute approximate surface area is 164 Å². The normalized spacial score (nSPS) is 17.7. The highest BCUT2D eigenvalue weighted by atomic mass is 32.1. The molecule has 0 radical (unpaired) electrons. The summed E-state index contributed by atoms with van der Waals surface area (Å²) in [6.07, 6.45) is 5.39. The molecular weight excluding hydrogens is 360 g/mol. The minimum atomic E-state index is -0.0301. The zero-order valence-electron chi connectivity index (χ0n) is 16.0. The van der Waals surface area contributed by atoms with Crippen LogP contribution in [0.1, 0.15) is 58.5 Å². The van der Waals surface area contributed by atoms with E-state index in [1.165, 1.54) is 29.7 Å². The predicted molar refractivity (Wildman–Crippen MR) is 106 cm³/mol. The monoisotopic (exact) mass is 386 g/mol. The number of thiazole rings is 1. The summed E-state index contributed by atoms with van der Waals surface area (Å²) in [4.78, 5) is 18.0. The number of ether oxygens (including phenoxy) is 2. The highest BCUT2D eigenvalue weighted by molar-refractivity contribution is 7.13. The molecule has 1 aliphatic heterocycles. The van der Waals surface area contributed by atoms with Gasteiger partial charge in [0.2, 0.25) is 0 Å². The van der Waals surface area contributed by atoms with Crippen LogP contribution in [-0.4, -0.2) is 30.6 Å². The summed E-state index contributed by atoms with van der Waals surface area (Å²) in [5, 5.41) is 4.21. The van der Waals surface area contributed by atoms with Crippen molar-refractivity contribution in [1.82, 2.24) is 10.3 Å². The quantitative estimate of drug-likeness (QED) is 0.843. The van der Waals surface area contributed by atoms with Gasteiger partial charge in [-0.05, 0) is 43.9 Å².